The molecule has 2 rings (SSSR count). The van der Waals surface area contributed by atoms with Gasteiger partial charge in [-0.25, -0.2) is 4.79 Å². The molecule has 108 valence electrons. The van der Waals surface area contributed by atoms with E-state index < -0.39 is 17.9 Å². The molecule has 1 saturated carbocycles. The van der Waals surface area contributed by atoms with E-state index in [4.69, 9.17) is 33.0 Å². The molecule has 1 aromatic rings. The summed E-state index contributed by atoms with van der Waals surface area (Å²) >= 11 is 11.6. The molecule has 1 fully saturated rings. The quantitative estimate of drug-likeness (QED) is 0.844. The van der Waals surface area contributed by atoms with Gasteiger partial charge in [0.05, 0.1) is 5.02 Å². The van der Waals surface area contributed by atoms with Crippen LogP contribution in [0.2, 0.25) is 10.0 Å². The molecule has 1 unspecified atom stereocenters. The molecular formula is C13H13Cl2NO4. The minimum absolute atomic E-state index is 0.0237. The average molecular weight is 318 g/mol. The van der Waals surface area contributed by atoms with Gasteiger partial charge in [-0.2, -0.15) is 0 Å². The number of carbonyl (C=O) groups excluding carboxylic acids is 1. The van der Waals surface area contributed by atoms with Crippen molar-refractivity contribution in [3.05, 3.63) is 28.2 Å². The Labute approximate surface area is 125 Å². The van der Waals surface area contributed by atoms with Crippen LogP contribution in [-0.2, 0) is 9.59 Å². The van der Waals surface area contributed by atoms with Gasteiger partial charge in [0.15, 0.2) is 6.61 Å². The summed E-state index contributed by atoms with van der Waals surface area (Å²) in [4.78, 5) is 22.7. The number of hydrogen-bond donors (Lipinski definition) is 2. The highest BCUT2D eigenvalue weighted by Crippen LogP contribution is 2.32. The number of carbonyl (C=O) groups is 2. The lowest BCUT2D eigenvalue weighted by Crippen LogP contribution is -2.44. The topological polar surface area (TPSA) is 75.6 Å². The molecule has 1 aromatic carbocycles. The normalized spacial score (nSPS) is 15.5. The zero-order valence-electron chi connectivity index (χ0n) is 10.4. The van der Waals surface area contributed by atoms with E-state index in [1.165, 1.54) is 6.07 Å². The maximum atomic E-state index is 11.7. The number of halogens is 2. The lowest BCUT2D eigenvalue weighted by Gasteiger charge is -2.14. The van der Waals surface area contributed by atoms with Crippen LogP contribution >= 0.6 is 23.2 Å². The SMILES string of the molecule is O=C(COc1ccc(Cl)cc1Cl)NC(C(=O)O)C1CC1. The lowest BCUT2D eigenvalue weighted by molar-refractivity contribution is -0.142. The Morgan fingerprint density at radius 3 is 2.65 bits per heavy atom. The number of rotatable bonds is 6. The van der Waals surface area contributed by atoms with Gasteiger partial charge in [0.1, 0.15) is 11.8 Å². The Morgan fingerprint density at radius 2 is 2.10 bits per heavy atom. The largest absolute Gasteiger partial charge is 0.482 e. The lowest BCUT2D eigenvalue weighted by atomic mass is 10.2. The number of aliphatic carboxylic acids is 1. The third-order valence-electron chi connectivity index (χ3n) is 2.93. The van der Waals surface area contributed by atoms with Crippen LogP contribution in [0.15, 0.2) is 18.2 Å². The van der Waals surface area contributed by atoms with Crippen LogP contribution < -0.4 is 10.1 Å². The van der Waals surface area contributed by atoms with Crippen molar-refractivity contribution in [1.29, 1.82) is 0 Å². The van der Waals surface area contributed by atoms with Gasteiger partial charge in [-0.05, 0) is 37.0 Å². The van der Waals surface area contributed by atoms with Crippen molar-refractivity contribution in [2.24, 2.45) is 5.92 Å². The van der Waals surface area contributed by atoms with Crippen LogP contribution in [0.1, 0.15) is 12.8 Å². The van der Waals surface area contributed by atoms with Crippen molar-refractivity contribution in [3.63, 3.8) is 0 Å². The number of ether oxygens (including phenoxy) is 1. The highest BCUT2D eigenvalue weighted by molar-refractivity contribution is 6.35. The van der Waals surface area contributed by atoms with Gasteiger partial charge in [-0.1, -0.05) is 23.2 Å². The van der Waals surface area contributed by atoms with Crippen molar-refractivity contribution in [1.82, 2.24) is 5.32 Å². The maximum Gasteiger partial charge on any atom is 0.326 e. The summed E-state index contributed by atoms with van der Waals surface area (Å²) in [5, 5.41) is 12.2. The highest BCUT2D eigenvalue weighted by Gasteiger charge is 2.37. The molecule has 1 aliphatic rings. The van der Waals surface area contributed by atoms with Crippen molar-refractivity contribution in [3.8, 4) is 5.75 Å². The van der Waals surface area contributed by atoms with Gasteiger partial charge in [0, 0.05) is 5.02 Å². The Bertz CT molecular complexity index is 531. The van der Waals surface area contributed by atoms with Crippen LogP contribution in [0.3, 0.4) is 0 Å². The van der Waals surface area contributed by atoms with E-state index in [1.807, 2.05) is 0 Å². The van der Waals surface area contributed by atoms with E-state index in [2.05, 4.69) is 5.32 Å². The van der Waals surface area contributed by atoms with E-state index >= 15 is 0 Å². The molecule has 20 heavy (non-hydrogen) atoms. The number of amides is 1. The second-order valence-electron chi connectivity index (χ2n) is 4.58. The molecule has 0 aromatic heterocycles. The first kappa shape index (κ1) is 14.9. The molecule has 0 aliphatic heterocycles. The standard InChI is InChI=1S/C13H13Cl2NO4/c14-8-3-4-10(9(15)5-8)20-6-11(17)16-12(13(18)19)7-1-2-7/h3-5,7,12H,1-2,6H2,(H,16,17)(H,18,19). The molecule has 0 radical (unpaired) electrons. The smallest absolute Gasteiger partial charge is 0.326 e. The first-order valence-electron chi connectivity index (χ1n) is 6.07. The molecule has 0 heterocycles. The van der Waals surface area contributed by atoms with Crippen LogP contribution in [-0.4, -0.2) is 29.6 Å². The molecule has 0 spiro atoms. The van der Waals surface area contributed by atoms with E-state index in [-0.39, 0.29) is 12.5 Å². The number of benzene rings is 1. The first-order chi connectivity index (χ1) is 9.47. The third-order valence-corrected chi connectivity index (χ3v) is 3.46. The highest BCUT2D eigenvalue weighted by atomic mass is 35.5. The molecule has 1 amide bonds. The third kappa shape index (κ3) is 4.02. The van der Waals surface area contributed by atoms with Gasteiger partial charge in [-0.3, -0.25) is 4.79 Å². The van der Waals surface area contributed by atoms with E-state index in [0.717, 1.165) is 12.8 Å². The summed E-state index contributed by atoms with van der Waals surface area (Å²) in [7, 11) is 0. The Kier molecular flexibility index (Phi) is 4.73. The predicted octanol–water partition coefficient (Wildman–Crippen LogP) is 2.35. The van der Waals surface area contributed by atoms with Crippen molar-refractivity contribution in [2.45, 2.75) is 18.9 Å². The summed E-state index contributed by atoms with van der Waals surface area (Å²) in [6.45, 7) is -0.294. The fourth-order valence-electron chi connectivity index (χ4n) is 1.76. The maximum absolute atomic E-state index is 11.7. The number of nitrogens with one attached hydrogen (secondary N) is 1. The number of hydrogen-bond acceptors (Lipinski definition) is 3. The Balaban J connectivity index is 1.86. The molecule has 0 bridgehead atoms. The molecule has 0 saturated heterocycles. The summed E-state index contributed by atoms with van der Waals surface area (Å²) < 4.78 is 5.24. The second-order valence-corrected chi connectivity index (χ2v) is 5.43. The van der Waals surface area contributed by atoms with Crippen molar-refractivity contribution < 1.29 is 19.4 Å². The van der Waals surface area contributed by atoms with E-state index in [9.17, 15) is 9.59 Å². The monoisotopic (exact) mass is 317 g/mol. The minimum atomic E-state index is -1.02. The fourth-order valence-corrected chi connectivity index (χ4v) is 2.22. The summed E-state index contributed by atoms with van der Waals surface area (Å²) in [5.74, 6) is -1.17. The van der Waals surface area contributed by atoms with Gasteiger partial charge >= 0.3 is 5.97 Å². The molecule has 1 aliphatic carbocycles. The number of carboxylic acids is 1. The van der Waals surface area contributed by atoms with Crippen molar-refractivity contribution in [2.75, 3.05) is 6.61 Å². The van der Waals surface area contributed by atoms with E-state index in [1.54, 1.807) is 12.1 Å². The summed E-state index contributed by atoms with van der Waals surface area (Å²) in [5.41, 5.74) is 0. The fraction of sp³-hybridized carbons (Fsp3) is 0.385. The average Bonchev–Trinajstić information content (AvgIpc) is 3.18. The van der Waals surface area contributed by atoms with Crippen LogP contribution in [0.4, 0.5) is 0 Å². The predicted molar refractivity (Wildman–Crippen MR) is 74.2 cm³/mol. The van der Waals surface area contributed by atoms with Gasteiger partial charge in [-0.15, -0.1) is 0 Å². The molecular weight excluding hydrogens is 305 g/mol. The number of carboxylic acid groups (broad SMARTS) is 1. The first-order valence-corrected chi connectivity index (χ1v) is 6.83. The van der Waals surface area contributed by atoms with E-state index in [0.29, 0.717) is 15.8 Å². The Hall–Kier alpha value is -1.46. The van der Waals surface area contributed by atoms with Gasteiger partial charge < -0.3 is 15.2 Å². The van der Waals surface area contributed by atoms with Crippen molar-refractivity contribution >= 4 is 35.1 Å². The van der Waals surface area contributed by atoms with Crippen LogP contribution in [0, 0.1) is 5.92 Å². The molecule has 1 atom stereocenters. The molecule has 5 nitrogen and oxygen atoms in total. The molecule has 2 N–H and O–H groups in total. The second kappa shape index (κ2) is 6.33. The van der Waals surface area contributed by atoms with Crippen LogP contribution in [0.25, 0.3) is 0 Å². The molecule has 7 heteroatoms. The Morgan fingerprint density at radius 1 is 1.40 bits per heavy atom. The zero-order chi connectivity index (χ0) is 14.7. The zero-order valence-corrected chi connectivity index (χ0v) is 11.9. The van der Waals surface area contributed by atoms with Gasteiger partial charge in [0.25, 0.3) is 5.91 Å². The minimum Gasteiger partial charge on any atom is -0.482 e. The summed E-state index contributed by atoms with van der Waals surface area (Å²) in [6, 6.07) is 3.80. The van der Waals surface area contributed by atoms with Gasteiger partial charge in [0.2, 0.25) is 0 Å². The summed E-state index contributed by atoms with van der Waals surface area (Å²) in [6.07, 6.45) is 1.64. The van der Waals surface area contributed by atoms with Crippen LogP contribution in [0.5, 0.6) is 5.75 Å².